The van der Waals surface area contributed by atoms with E-state index in [-0.39, 0.29) is 11.5 Å². The summed E-state index contributed by atoms with van der Waals surface area (Å²) in [6, 6.07) is 14.2. The average molecular weight is 495 g/mol. The molecular formula is C25H23ClN4O3S. The quantitative estimate of drug-likeness (QED) is 0.293. The van der Waals surface area contributed by atoms with E-state index in [9.17, 15) is 9.59 Å². The molecule has 1 unspecified atom stereocenters. The van der Waals surface area contributed by atoms with Crippen molar-refractivity contribution in [2.24, 2.45) is 0 Å². The fraction of sp³-hybridized carbons (Fsp3) is 0.200. The van der Waals surface area contributed by atoms with Crippen LogP contribution >= 0.6 is 23.4 Å². The van der Waals surface area contributed by atoms with Crippen LogP contribution in [0.5, 0.6) is 5.75 Å². The predicted molar refractivity (Wildman–Crippen MR) is 137 cm³/mol. The summed E-state index contributed by atoms with van der Waals surface area (Å²) < 4.78 is 6.82. The van der Waals surface area contributed by atoms with Crippen LogP contribution in [0.4, 0.5) is 5.69 Å². The van der Waals surface area contributed by atoms with Crippen LogP contribution in [0, 0.1) is 13.8 Å². The lowest BCUT2D eigenvalue weighted by atomic mass is 10.2. The first kappa shape index (κ1) is 23.8. The summed E-state index contributed by atoms with van der Waals surface area (Å²) in [5, 5.41) is 3.72. The number of hydrogen-bond acceptors (Lipinski definition) is 6. The normalized spacial score (nSPS) is 11.9. The summed E-state index contributed by atoms with van der Waals surface area (Å²) in [5.74, 6) is 0.649. The van der Waals surface area contributed by atoms with Gasteiger partial charge in [-0.25, -0.2) is 14.5 Å². The predicted octanol–water partition coefficient (Wildman–Crippen LogP) is 5.18. The molecule has 0 aliphatic carbocycles. The summed E-state index contributed by atoms with van der Waals surface area (Å²) >= 11 is 7.36. The molecule has 2 aromatic carbocycles. The highest BCUT2D eigenvalue weighted by molar-refractivity contribution is 8.00. The van der Waals surface area contributed by atoms with Crippen LogP contribution in [0.2, 0.25) is 5.02 Å². The van der Waals surface area contributed by atoms with Crippen molar-refractivity contribution < 1.29 is 9.53 Å². The topological polar surface area (TPSA) is 86.1 Å². The first-order chi connectivity index (χ1) is 16.3. The minimum atomic E-state index is -0.579. The number of amides is 1. The van der Waals surface area contributed by atoms with Gasteiger partial charge in [-0.2, -0.15) is 0 Å². The molecule has 34 heavy (non-hydrogen) atoms. The van der Waals surface area contributed by atoms with Crippen molar-refractivity contribution in [3.63, 3.8) is 0 Å². The summed E-state index contributed by atoms with van der Waals surface area (Å²) in [5.41, 5.74) is 2.60. The number of nitrogens with one attached hydrogen (secondary N) is 1. The third-order valence-electron chi connectivity index (χ3n) is 5.27. The number of aromatic nitrogens is 3. The molecule has 0 saturated heterocycles. The van der Waals surface area contributed by atoms with E-state index in [0.29, 0.717) is 38.3 Å². The number of carbonyl (C=O) groups excluding carboxylic acids is 1. The van der Waals surface area contributed by atoms with Crippen molar-refractivity contribution in [1.29, 1.82) is 0 Å². The van der Waals surface area contributed by atoms with Gasteiger partial charge in [0.15, 0.2) is 5.16 Å². The van der Waals surface area contributed by atoms with Crippen molar-refractivity contribution in [3.05, 3.63) is 81.2 Å². The number of carbonyl (C=O) groups is 1. The van der Waals surface area contributed by atoms with E-state index in [4.69, 9.17) is 21.3 Å². The Hall–Kier alpha value is -3.36. The van der Waals surface area contributed by atoms with Crippen LogP contribution in [-0.2, 0) is 4.79 Å². The van der Waals surface area contributed by atoms with Gasteiger partial charge in [0.2, 0.25) is 5.91 Å². The van der Waals surface area contributed by atoms with Crippen molar-refractivity contribution in [1.82, 2.24) is 14.5 Å². The number of benzene rings is 2. The van der Waals surface area contributed by atoms with Gasteiger partial charge >= 0.3 is 0 Å². The number of para-hydroxylation sites is 1. The lowest BCUT2D eigenvalue weighted by Crippen LogP contribution is -2.27. The van der Waals surface area contributed by atoms with Gasteiger partial charge in [0.25, 0.3) is 5.56 Å². The third kappa shape index (κ3) is 4.78. The Labute approximate surface area is 206 Å². The molecule has 0 fully saturated rings. The van der Waals surface area contributed by atoms with Gasteiger partial charge in [-0.3, -0.25) is 9.59 Å². The minimum Gasteiger partial charge on any atom is -0.495 e. The van der Waals surface area contributed by atoms with E-state index in [1.165, 1.54) is 23.4 Å². The lowest BCUT2D eigenvalue weighted by Gasteiger charge is -2.17. The standard InChI is InChI=1S/C25H23ClN4O3S/c1-14-9-10-27-22(11-14)30-24(32)17-7-5-6-8-19(17)29-25(30)34-16(3)23(31)28-20-12-15(2)18(26)13-21(20)33-4/h5-13,16H,1-4H3,(H,28,31). The van der Waals surface area contributed by atoms with Crippen molar-refractivity contribution in [2.45, 2.75) is 31.2 Å². The molecular weight excluding hydrogens is 472 g/mol. The lowest BCUT2D eigenvalue weighted by molar-refractivity contribution is -0.115. The summed E-state index contributed by atoms with van der Waals surface area (Å²) in [6.45, 7) is 5.53. The molecule has 1 N–H and O–H groups in total. The highest BCUT2D eigenvalue weighted by atomic mass is 35.5. The van der Waals surface area contributed by atoms with Gasteiger partial charge in [-0.05, 0) is 62.2 Å². The average Bonchev–Trinajstić information content (AvgIpc) is 2.81. The number of ether oxygens (including phenoxy) is 1. The van der Waals surface area contributed by atoms with Gasteiger partial charge in [0.1, 0.15) is 11.6 Å². The van der Waals surface area contributed by atoms with E-state index < -0.39 is 5.25 Å². The zero-order valence-electron chi connectivity index (χ0n) is 19.1. The summed E-state index contributed by atoms with van der Waals surface area (Å²) in [7, 11) is 1.52. The van der Waals surface area contributed by atoms with Gasteiger partial charge < -0.3 is 10.1 Å². The van der Waals surface area contributed by atoms with Crippen LogP contribution < -0.4 is 15.6 Å². The molecule has 9 heteroatoms. The van der Waals surface area contributed by atoms with Gasteiger partial charge in [0, 0.05) is 17.3 Å². The van der Waals surface area contributed by atoms with Crippen LogP contribution in [0.3, 0.4) is 0 Å². The molecule has 0 aliphatic heterocycles. The van der Waals surface area contributed by atoms with Gasteiger partial charge in [-0.1, -0.05) is 35.5 Å². The molecule has 174 valence electrons. The molecule has 7 nitrogen and oxygen atoms in total. The number of aryl methyl sites for hydroxylation is 2. The molecule has 0 aliphatic rings. The number of methoxy groups -OCH3 is 1. The highest BCUT2D eigenvalue weighted by Crippen LogP contribution is 2.32. The Morgan fingerprint density at radius 3 is 2.68 bits per heavy atom. The second-order valence-electron chi connectivity index (χ2n) is 7.79. The molecule has 0 bridgehead atoms. The third-order valence-corrected chi connectivity index (χ3v) is 6.72. The second-order valence-corrected chi connectivity index (χ2v) is 9.51. The number of thioether (sulfide) groups is 1. The molecule has 4 rings (SSSR count). The van der Waals surface area contributed by atoms with E-state index >= 15 is 0 Å². The van der Waals surface area contributed by atoms with Crippen molar-refractivity contribution in [2.75, 3.05) is 12.4 Å². The van der Waals surface area contributed by atoms with Crippen molar-refractivity contribution >= 4 is 45.9 Å². The van der Waals surface area contributed by atoms with E-state index in [0.717, 1.165) is 11.1 Å². The number of anilines is 1. The molecule has 2 aromatic heterocycles. The zero-order valence-corrected chi connectivity index (χ0v) is 20.7. The molecule has 0 saturated carbocycles. The minimum absolute atomic E-state index is 0.242. The smallest absolute Gasteiger partial charge is 0.267 e. The molecule has 2 heterocycles. The maximum Gasteiger partial charge on any atom is 0.267 e. The van der Waals surface area contributed by atoms with E-state index in [1.54, 1.807) is 43.5 Å². The molecule has 1 amide bonds. The molecule has 0 spiro atoms. The fourth-order valence-corrected chi connectivity index (χ4v) is 4.48. The number of rotatable bonds is 6. The van der Waals surface area contributed by atoms with Crippen LogP contribution in [0.25, 0.3) is 16.7 Å². The van der Waals surface area contributed by atoms with E-state index in [2.05, 4.69) is 10.3 Å². The van der Waals surface area contributed by atoms with Gasteiger partial charge in [0.05, 0.1) is 29.0 Å². The Kier molecular flexibility index (Phi) is 6.90. The fourth-order valence-electron chi connectivity index (χ4n) is 3.41. The number of fused-ring (bicyclic) bond motifs is 1. The molecule has 4 aromatic rings. The maximum atomic E-state index is 13.4. The Morgan fingerprint density at radius 1 is 1.18 bits per heavy atom. The van der Waals surface area contributed by atoms with Crippen molar-refractivity contribution in [3.8, 4) is 11.6 Å². The number of halogens is 1. The first-order valence-corrected chi connectivity index (χ1v) is 11.8. The van der Waals surface area contributed by atoms with Gasteiger partial charge in [-0.15, -0.1) is 0 Å². The Bertz CT molecular complexity index is 1450. The first-order valence-electron chi connectivity index (χ1n) is 10.5. The van der Waals surface area contributed by atoms with E-state index in [1.807, 2.05) is 32.0 Å². The Balaban J connectivity index is 1.71. The van der Waals surface area contributed by atoms with Crippen LogP contribution in [0.15, 0.2) is 64.7 Å². The zero-order chi connectivity index (χ0) is 24.4. The number of hydrogen-bond donors (Lipinski definition) is 1. The number of pyridine rings is 1. The molecule has 0 radical (unpaired) electrons. The largest absolute Gasteiger partial charge is 0.495 e. The second kappa shape index (κ2) is 9.87. The SMILES string of the molecule is COc1cc(Cl)c(C)cc1NC(=O)C(C)Sc1nc2ccccc2c(=O)n1-c1cc(C)ccn1. The Morgan fingerprint density at radius 2 is 1.94 bits per heavy atom. The van der Waals surface area contributed by atoms with Crippen LogP contribution in [-0.4, -0.2) is 32.8 Å². The highest BCUT2D eigenvalue weighted by Gasteiger charge is 2.22. The van der Waals surface area contributed by atoms with Crippen LogP contribution in [0.1, 0.15) is 18.1 Å². The maximum absolute atomic E-state index is 13.4. The number of nitrogens with zero attached hydrogens (tertiary/aromatic N) is 3. The summed E-state index contributed by atoms with van der Waals surface area (Å²) in [4.78, 5) is 35.6. The monoisotopic (exact) mass is 494 g/mol. The molecule has 1 atom stereocenters. The summed E-state index contributed by atoms with van der Waals surface area (Å²) in [6.07, 6.45) is 1.64.